The van der Waals surface area contributed by atoms with Gasteiger partial charge in [-0.15, -0.1) is 0 Å². The lowest BCUT2D eigenvalue weighted by atomic mass is 10.1. The molecule has 0 radical (unpaired) electrons. The van der Waals surface area contributed by atoms with Crippen LogP contribution in [-0.2, 0) is 11.2 Å². The van der Waals surface area contributed by atoms with E-state index in [0.717, 1.165) is 11.3 Å². The molecule has 0 N–H and O–H groups in total. The van der Waals surface area contributed by atoms with Crippen molar-refractivity contribution in [3.05, 3.63) is 52.0 Å². The lowest BCUT2D eigenvalue weighted by Crippen LogP contribution is -2.11. The second-order valence-corrected chi connectivity index (χ2v) is 6.72. The first kappa shape index (κ1) is 19.8. The van der Waals surface area contributed by atoms with Crippen LogP contribution in [0.3, 0.4) is 0 Å². The number of hydrogen-bond donors (Lipinski definition) is 0. The van der Waals surface area contributed by atoms with Gasteiger partial charge in [-0.05, 0) is 53.0 Å². The van der Waals surface area contributed by atoms with Crippen molar-refractivity contribution in [2.45, 2.75) is 19.8 Å². The summed E-state index contributed by atoms with van der Waals surface area (Å²) in [6.45, 7) is 2.24. The molecule has 5 nitrogen and oxygen atoms in total. The Morgan fingerprint density at radius 3 is 2.50 bits per heavy atom. The number of hydrogen-bond acceptors (Lipinski definition) is 5. The Labute approximate surface area is 162 Å². The molecular formula is C20H21BrN2O3. The van der Waals surface area contributed by atoms with Gasteiger partial charge in [0.1, 0.15) is 0 Å². The summed E-state index contributed by atoms with van der Waals surface area (Å²) in [4.78, 5) is 14.3. The lowest BCUT2D eigenvalue weighted by Gasteiger charge is -2.13. The predicted octanol–water partition coefficient (Wildman–Crippen LogP) is 4.32. The monoisotopic (exact) mass is 416 g/mol. The number of anilines is 1. The van der Waals surface area contributed by atoms with Gasteiger partial charge in [-0.1, -0.05) is 12.1 Å². The molecule has 0 unspecified atom stereocenters. The number of benzene rings is 2. The third-order valence-electron chi connectivity index (χ3n) is 3.72. The molecule has 0 saturated carbocycles. The zero-order valence-electron chi connectivity index (χ0n) is 15.1. The normalized spacial score (nSPS) is 10.1. The molecule has 2 rings (SSSR count). The van der Waals surface area contributed by atoms with E-state index in [1.807, 2.05) is 50.2 Å². The number of aryl methyl sites for hydroxylation is 1. The van der Waals surface area contributed by atoms with Crippen molar-refractivity contribution in [3.8, 4) is 17.6 Å². The molecule has 0 aliphatic rings. The fourth-order valence-electron chi connectivity index (χ4n) is 2.37. The largest absolute Gasteiger partial charge is 0.490 e. The molecule has 0 aliphatic carbocycles. The van der Waals surface area contributed by atoms with Crippen LogP contribution >= 0.6 is 15.9 Å². The van der Waals surface area contributed by atoms with E-state index in [1.54, 1.807) is 12.1 Å². The highest BCUT2D eigenvalue weighted by Gasteiger charge is 2.16. The minimum atomic E-state index is -0.354. The number of esters is 1. The molecular weight excluding hydrogens is 396 g/mol. The van der Waals surface area contributed by atoms with Gasteiger partial charge in [0.05, 0.1) is 22.7 Å². The number of nitrogens with zero attached hydrogens (tertiary/aromatic N) is 2. The van der Waals surface area contributed by atoms with Gasteiger partial charge in [0.25, 0.3) is 0 Å². The molecule has 0 bridgehead atoms. The maximum Gasteiger partial charge on any atom is 0.311 e. The molecule has 136 valence electrons. The first-order valence-corrected chi connectivity index (χ1v) is 9.07. The van der Waals surface area contributed by atoms with Gasteiger partial charge < -0.3 is 14.4 Å². The minimum Gasteiger partial charge on any atom is -0.490 e. The molecule has 0 saturated heterocycles. The highest BCUT2D eigenvalue weighted by Crippen LogP contribution is 2.37. The van der Waals surface area contributed by atoms with E-state index in [2.05, 4.69) is 22.0 Å². The smallest absolute Gasteiger partial charge is 0.311 e. The number of halogens is 1. The summed E-state index contributed by atoms with van der Waals surface area (Å²) in [6.07, 6.45) is 0.837. The average Bonchev–Trinajstić information content (AvgIpc) is 2.63. The molecule has 0 heterocycles. The topological polar surface area (TPSA) is 62.6 Å². The Hall–Kier alpha value is -2.52. The first-order valence-electron chi connectivity index (χ1n) is 8.28. The van der Waals surface area contributed by atoms with Crippen LogP contribution in [0.1, 0.15) is 24.5 Å². The molecule has 2 aromatic rings. The second-order valence-electron chi connectivity index (χ2n) is 5.87. The molecule has 0 atom stereocenters. The quantitative estimate of drug-likeness (QED) is 0.496. The summed E-state index contributed by atoms with van der Waals surface area (Å²) in [6, 6.07) is 13.3. The molecule has 0 aliphatic heterocycles. The minimum absolute atomic E-state index is 0.249. The van der Waals surface area contributed by atoms with Crippen LogP contribution in [0.4, 0.5) is 5.69 Å². The summed E-state index contributed by atoms with van der Waals surface area (Å²) in [5, 5.41) is 9.05. The average molecular weight is 417 g/mol. The fraction of sp³-hybridized carbons (Fsp3) is 0.300. The van der Waals surface area contributed by atoms with Crippen LogP contribution in [0.25, 0.3) is 0 Å². The van der Waals surface area contributed by atoms with Crippen molar-refractivity contribution in [1.82, 2.24) is 0 Å². The highest BCUT2D eigenvalue weighted by atomic mass is 79.9. The van der Waals surface area contributed by atoms with Crippen molar-refractivity contribution in [2.24, 2.45) is 0 Å². The van der Waals surface area contributed by atoms with E-state index in [4.69, 9.17) is 14.7 Å². The number of ether oxygens (including phenoxy) is 2. The summed E-state index contributed by atoms with van der Waals surface area (Å²) in [5.74, 6) is 0.328. The SMILES string of the molecule is CCOc1cc(C#N)cc(Br)c1OC(=O)CCc1ccc(N(C)C)cc1. The standard InChI is InChI=1S/C20H21BrN2O3/c1-4-25-18-12-15(13-22)11-17(21)20(18)26-19(24)10-7-14-5-8-16(9-6-14)23(2)3/h5-6,8-9,11-12H,4,7,10H2,1-3H3. The van der Waals surface area contributed by atoms with Gasteiger partial charge >= 0.3 is 5.97 Å². The van der Waals surface area contributed by atoms with Gasteiger partial charge in [0, 0.05) is 32.3 Å². The van der Waals surface area contributed by atoms with Crippen molar-refractivity contribution in [1.29, 1.82) is 5.26 Å². The molecule has 2 aromatic carbocycles. The van der Waals surface area contributed by atoms with Crippen LogP contribution in [0.5, 0.6) is 11.5 Å². The Morgan fingerprint density at radius 1 is 1.23 bits per heavy atom. The molecule has 0 spiro atoms. The zero-order valence-corrected chi connectivity index (χ0v) is 16.7. The zero-order chi connectivity index (χ0) is 19.1. The van der Waals surface area contributed by atoms with Crippen molar-refractivity contribution < 1.29 is 14.3 Å². The van der Waals surface area contributed by atoms with Crippen molar-refractivity contribution >= 4 is 27.6 Å². The molecule has 0 aromatic heterocycles. The first-order chi connectivity index (χ1) is 12.4. The van der Waals surface area contributed by atoms with Crippen LogP contribution in [0, 0.1) is 11.3 Å². The van der Waals surface area contributed by atoms with E-state index in [9.17, 15) is 4.79 Å². The van der Waals surface area contributed by atoms with Gasteiger partial charge in [0.15, 0.2) is 11.5 Å². The van der Waals surface area contributed by atoms with Crippen LogP contribution in [-0.4, -0.2) is 26.7 Å². The van der Waals surface area contributed by atoms with Gasteiger partial charge in [-0.2, -0.15) is 5.26 Å². The predicted molar refractivity (Wildman–Crippen MR) is 105 cm³/mol. The summed E-state index contributed by atoms with van der Waals surface area (Å²) in [5.41, 5.74) is 2.61. The number of nitriles is 1. The van der Waals surface area contributed by atoms with E-state index in [-0.39, 0.29) is 12.4 Å². The van der Waals surface area contributed by atoms with Crippen LogP contribution < -0.4 is 14.4 Å². The maximum atomic E-state index is 12.3. The summed E-state index contributed by atoms with van der Waals surface area (Å²) < 4.78 is 11.5. The number of rotatable bonds is 7. The molecule has 6 heteroatoms. The van der Waals surface area contributed by atoms with E-state index >= 15 is 0 Å². The second kappa shape index (κ2) is 9.25. The Morgan fingerprint density at radius 2 is 1.92 bits per heavy atom. The number of carbonyl (C=O) groups excluding carboxylic acids is 1. The maximum absolute atomic E-state index is 12.3. The van der Waals surface area contributed by atoms with E-state index in [1.165, 1.54) is 0 Å². The van der Waals surface area contributed by atoms with Gasteiger partial charge in [-0.25, -0.2) is 0 Å². The van der Waals surface area contributed by atoms with Crippen molar-refractivity contribution in [2.75, 3.05) is 25.6 Å². The van der Waals surface area contributed by atoms with Gasteiger partial charge in [-0.3, -0.25) is 4.79 Å². The Kier molecular flexibility index (Phi) is 7.05. The number of carbonyl (C=O) groups is 1. The van der Waals surface area contributed by atoms with Gasteiger partial charge in [0.2, 0.25) is 0 Å². The van der Waals surface area contributed by atoms with Crippen LogP contribution in [0.15, 0.2) is 40.9 Å². The third-order valence-corrected chi connectivity index (χ3v) is 4.31. The highest BCUT2D eigenvalue weighted by molar-refractivity contribution is 9.10. The Balaban J connectivity index is 2.04. The lowest BCUT2D eigenvalue weighted by molar-refractivity contribution is -0.134. The third kappa shape index (κ3) is 5.24. The Bertz CT molecular complexity index is 811. The summed E-state index contributed by atoms with van der Waals surface area (Å²) >= 11 is 3.34. The summed E-state index contributed by atoms with van der Waals surface area (Å²) in [7, 11) is 3.97. The molecule has 0 amide bonds. The van der Waals surface area contributed by atoms with Crippen molar-refractivity contribution in [3.63, 3.8) is 0 Å². The van der Waals surface area contributed by atoms with Crippen LogP contribution in [0.2, 0.25) is 0 Å². The van der Waals surface area contributed by atoms with E-state index < -0.39 is 0 Å². The molecule has 0 fully saturated rings. The fourth-order valence-corrected chi connectivity index (χ4v) is 2.89. The van der Waals surface area contributed by atoms with E-state index in [0.29, 0.717) is 34.6 Å². The molecule has 26 heavy (non-hydrogen) atoms.